The fourth-order valence-electron chi connectivity index (χ4n) is 6.92. The van der Waals surface area contributed by atoms with Crippen molar-refractivity contribution in [1.29, 1.82) is 0 Å². The number of aryl methyl sites for hydroxylation is 1. The van der Waals surface area contributed by atoms with Gasteiger partial charge in [-0.2, -0.15) is 0 Å². The zero-order chi connectivity index (χ0) is 21.9. The van der Waals surface area contributed by atoms with E-state index >= 15 is 0 Å². The molecular weight excluding hydrogens is 418 g/mol. The van der Waals surface area contributed by atoms with Crippen molar-refractivity contribution in [1.82, 2.24) is 9.97 Å². The lowest BCUT2D eigenvalue weighted by Crippen LogP contribution is -2.54. The number of hydrogen-bond donors (Lipinski definition) is 0. The molecule has 4 saturated carbocycles. The molecule has 4 aliphatic rings. The van der Waals surface area contributed by atoms with E-state index in [1.807, 2.05) is 29.2 Å². The molecule has 2 heterocycles. The Bertz CT molecular complexity index is 1140. The molecule has 1 aromatic carbocycles. The van der Waals surface area contributed by atoms with Crippen LogP contribution in [-0.2, 0) is 11.3 Å². The van der Waals surface area contributed by atoms with Crippen LogP contribution in [0.1, 0.15) is 49.8 Å². The molecule has 4 fully saturated rings. The minimum Gasteiger partial charge on any atom is -0.494 e. The number of aromatic nitrogens is 2. The third kappa shape index (κ3) is 3.22. The molecule has 4 aliphatic carbocycles. The van der Waals surface area contributed by atoms with Crippen molar-refractivity contribution >= 4 is 32.6 Å². The van der Waals surface area contributed by atoms with Crippen molar-refractivity contribution in [3.05, 3.63) is 47.8 Å². The first kappa shape index (κ1) is 20.2. The van der Waals surface area contributed by atoms with Crippen molar-refractivity contribution in [3.8, 4) is 5.75 Å². The molecule has 5 nitrogen and oxygen atoms in total. The Hall–Kier alpha value is -2.47. The van der Waals surface area contributed by atoms with Gasteiger partial charge in [-0.3, -0.25) is 14.7 Å². The zero-order valence-electron chi connectivity index (χ0n) is 18.7. The number of carbonyl (C=O) groups excluding carboxylic acids is 1. The number of thiazole rings is 1. The maximum Gasteiger partial charge on any atom is 0.235 e. The van der Waals surface area contributed by atoms with Crippen LogP contribution in [0.5, 0.6) is 5.75 Å². The van der Waals surface area contributed by atoms with E-state index in [0.29, 0.717) is 6.54 Å². The van der Waals surface area contributed by atoms with Gasteiger partial charge in [-0.25, -0.2) is 4.98 Å². The van der Waals surface area contributed by atoms with E-state index in [-0.39, 0.29) is 11.3 Å². The van der Waals surface area contributed by atoms with Gasteiger partial charge in [-0.15, -0.1) is 0 Å². The van der Waals surface area contributed by atoms with Crippen LogP contribution in [0.15, 0.2) is 36.5 Å². The lowest BCUT2D eigenvalue weighted by molar-refractivity contribution is -0.143. The lowest BCUT2D eigenvalue weighted by Gasteiger charge is -2.56. The molecule has 0 aliphatic heterocycles. The number of carbonyl (C=O) groups is 1. The van der Waals surface area contributed by atoms with Crippen LogP contribution in [0.4, 0.5) is 5.13 Å². The Morgan fingerprint density at radius 1 is 1.12 bits per heavy atom. The maximum atomic E-state index is 14.4. The van der Waals surface area contributed by atoms with Crippen LogP contribution in [0.3, 0.4) is 0 Å². The number of rotatable bonds is 5. The number of hydrogen-bond acceptors (Lipinski definition) is 5. The average molecular weight is 448 g/mol. The fourth-order valence-corrected chi connectivity index (χ4v) is 7.97. The van der Waals surface area contributed by atoms with Gasteiger partial charge in [0.25, 0.3) is 0 Å². The fraction of sp³-hybridized carbons (Fsp3) is 0.500. The standard InChI is InChI=1S/C26H29N3O2S/c1-16-6-7-21(31-2)22-23(16)32-25(28-22)29(15-20-5-3-4-8-27-20)24(30)26-12-17-9-18(13-26)11-19(10-17)14-26/h3-8,17-19H,9-15H2,1-2H3. The summed E-state index contributed by atoms with van der Waals surface area (Å²) in [6, 6.07) is 9.93. The number of ether oxygens (including phenoxy) is 1. The normalized spacial score (nSPS) is 28.2. The van der Waals surface area contributed by atoms with E-state index in [4.69, 9.17) is 9.72 Å². The van der Waals surface area contributed by atoms with Crippen LogP contribution in [0.2, 0.25) is 0 Å². The van der Waals surface area contributed by atoms with Crippen LogP contribution in [0.25, 0.3) is 10.2 Å². The minimum atomic E-state index is -0.222. The number of fused-ring (bicyclic) bond motifs is 1. The van der Waals surface area contributed by atoms with Gasteiger partial charge in [0, 0.05) is 6.20 Å². The monoisotopic (exact) mass is 447 g/mol. The summed E-state index contributed by atoms with van der Waals surface area (Å²) in [6.45, 7) is 2.55. The largest absolute Gasteiger partial charge is 0.494 e. The van der Waals surface area contributed by atoms with E-state index in [1.165, 1.54) is 19.3 Å². The van der Waals surface area contributed by atoms with Crippen LogP contribution < -0.4 is 9.64 Å². The number of benzene rings is 1. The molecule has 0 radical (unpaired) electrons. The molecule has 7 rings (SSSR count). The van der Waals surface area contributed by atoms with E-state index in [9.17, 15) is 4.79 Å². The summed E-state index contributed by atoms with van der Waals surface area (Å²) in [5, 5.41) is 0.763. The Morgan fingerprint density at radius 2 is 1.84 bits per heavy atom. The number of pyridine rings is 1. The van der Waals surface area contributed by atoms with Crippen LogP contribution in [0, 0.1) is 30.1 Å². The Balaban J connectivity index is 1.44. The van der Waals surface area contributed by atoms with Crippen molar-refractivity contribution < 1.29 is 9.53 Å². The van der Waals surface area contributed by atoms with E-state index in [2.05, 4.69) is 18.0 Å². The number of amides is 1. The first-order chi connectivity index (χ1) is 15.5. The third-order valence-corrected chi connectivity index (χ3v) is 9.14. The molecular formula is C26H29N3O2S. The summed E-state index contributed by atoms with van der Waals surface area (Å²) in [4.78, 5) is 25.8. The molecule has 3 aromatic rings. The van der Waals surface area contributed by atoms with E-state index in [1.54, 1.807) is 24.6 Å². The van der Waals surface area contributed by atoms with Crippen molar-refractivity contribution in [2.24, 2.45) is 23.2 Å². The number of methoxy groups -OCH3 is 1. The average Bonchev–Trinajstić information content (AvgIpc) is 3.23. The SMILES string of the molecule is COc1ccc(C)c2sc(N(Cc3ccccn3)C(=O)C34CC5CC(CC(C5)C3)C4)nc12. The Labute approximate surface area is 192 Å². The summed E-state index contributed by atoms with van der Waals surface area (Å²) < 4.78 is 6.67. The topological polar surface area (TPSA) is 55.3 Å². The molecule has 4 bridgehead atoms. The summed E-state index contributed by atoms with van der Waals surface area (Å²) in [6.07, 6.45) is 8.91. The molecule has 1 amide bonds. The highest BCUT2D eigenvalue weighted by Crippen LogP contribution is 2.61. The smallest absolute Gasteiger partial charge is 0.235 e. The van der Waals surface area contributed by atoms with Gasteiger partial charge in [-0.05, 0) is 87.0 Å². The van der Waals surface area contributed by atoms with Crippen molar-refractivity contribution in [3.63, 3.8) is 0 Å². The van der Waals surface area contributed by atoms with Crippen LogP contribution >= 0.6 is 11.3 Å². The maximum absolute atomic E-state index is 14.4. The minimum absolute atomic E-state index is 0.222. The van der Waals surface area contributed by atoms with Crippen molar-refractivity contribution in [2.45, 2.75) is 52.0 Å². The van der Waals surface area contributed by atoms with Crippen LogP contribution in [-0.4, -0.2) is 23.0 Å². The van der Waals surface area contributed by atoms with E-state index in [0.717, 1.165) is 69.4 Å². The van der Waals surface area contributed by atoms with Gasteiger partial charge in [0.1, 0.15) is 11.3 Å². The lowest BCUT2D eigenvalue weighted by atomic mass is 9.49. The van der Waals surface area contributed by atoms with Gasteiger partial charge >= 0.3 is 0 Å². The second-order valence-electron chi connectivity index (χ2n) is 10.2. The quantitative estimate of drug-likeness (QED) is 0.499. The second kappa shape index (κ2) is 7.55. The molecule has 6 heteroatoms. The summed E-state index contributed by atoms with van der Waals surface area (Å²) in [5.74, 6) is 3.19. The zero-order valence-corrected chi connectivity index (χ0v) is 19.5. The molecule has 166 valence electrons. The van der Waals surface area contributed by atoms with Gasteiger partial charge in [0.15, 0.2) is 5.13 Å². The highest BCUT2D eigenvalue weighted by molar-refractivity contribution is 7.22. The number of anilines is 1. The molecule has 0 N–H and O–H groups in total. The molecule has 2 aromatic heterocycles. The van der Waals surface area contributed by atoms with Gasteiger partial charge < -0.3 is 4.74 Å². The predicted octanol–water partition coefficient (Wildman–Crippen LogP) is 5.76. The first-order valence-electron chi connectivity index (χ1n) is 11.7. The van der Waals surface area contributed by atoms with Gasteiger partial charge in [-0.1, -0.05) is 23.5 Å². The molecule has 0 unspecified atom stereocenters. The van der Waals surface area contributed by atoms with Gasteiger partial charge in [0.2, 0.25) is 5.91 Å². The summed E-state index contributed by atoms with van der Waals surface area (Å²) in [7, 11) is 1.68. The number of nitrogens with zero attached hydrogens (tertiary/aromatic N) is 3. The highest BCUT2D eigenvalue weighted by Gasteiger charge is 2.56. The second-order valence-corrected chi connectivity index (χ2v) is 11.1. The molecule has 0 spiro atoms. The summed E-state index contributed by atoms with van der Waals surface area (Å²) in [5.41, 5.74) is 2.68. The molecule has 0 saturated heterocycles. The molecule has 0 atom stereocenters. The predicted molar refractivity (Wildman–Crippen MR) is 127 cm³/mol. The highest BCUT2D eigenvalue weighted by atomic mass is 32.1. The Kier molecular flexibility index (Phi) is 4.75. The van der Waals surface area contributed by atoms with Gasteiger partial charge in [0.05, 0.1) is 29.5 Å². The van der Waals surface area contributed by atoms with Crippen molar-refractivity contribution in [2.75, 3.05) is 12.0 Å². The Morgan fingerprint density at radius 3 is 2.47 bits per heavy atom. The third-order valence-electron chi connectivity index (χ3n) is 7.93. The van der Waals surface area contributed by atoms with E-state index < -0.39 is 0 Å². The molecule has 32 heavy (non-hydrogen) atoms. The summed E-state index contributed by atoms with van der Waals surface area (Å²) >= 11 is 1.60. The first-order valence-corrected chi connectivity index (χ1v) is 12.5.